The summed E-state index contributed by atoms with van der Waals surface area (Å²) in [5.74, 6) is -0.540. The molecule has 0 aliphatic rings. The smallest absolute Gasteiger partial charge is 0.225 e. The van der Waals surface area contributed by atoms with E-state index in [2.05, 4.69) is 5.32 Å². The van der Waals surface area contributed by atoms with E-state index in [0.29, 0.717) is 5.69 Å². The van der Waals surface area contributed by atoms with Crippen molar-refractivity contribution in [2.45, 2.75) is 22.0 Å². The van der Waals surface area contributed by atoms with Gasteiger partial charge in [0.05, 0.1) is 17.2 Å². The van der Waals surface area contributed by atoms with Crippen molar-refractivity contribution in [1.82, 2.24) is 0 Å². The number of nitrogens with one attached hydrogen (secondary N) is 1. The first-order valence-electron chi connectivity index (χ1n) is 8.88. The second-order valence-electron chi connectivity index (χ2n) is 6.29. The molecule has 3 aromatic rings. The number of anilines is 1. The standard InChI is InChI=1S/C22H21NO3S2/c24-22(15-16-28(25,26)17-18-9-3-1-4-10-18)23-20-13-7-8-14-21(20)27-19-11-5-2-6-12-19/h1-14H,15-17H2,(H,23,24). The third kappa shape index (κ3) is 6.25. The summed E-state index contributed by atoms with van der Waals surface area (Å²) in [5, 5.41) is 2.84. The molecule has 0 saturated carbocycles. The van der Waals surface area contributed by atoms with Crippen molar-refractivity contribution in [3.63, 3.8) is 0 Å². The highest BCUT2D eigenvalue weighted by Gasteiger charge is 2.15. The Bertz CT molecular complexity index is 1020. The average Bonchev–Trinajstić information content (AvgIpc) is 2.69. The van der Waals surface area contributed by atoms with E-state index in [-0.39, 0.29) is 23.8 Å². The molecule has 0 aromatic heterocycles. The van der Waals surface area contributed by atoms with Gasteiger partial charge in [-0.3, -0.25) is 4.79 Å². The number of rotatable bonds is 8. The van der Waals surface area contributed by atoms with Crippen LogP contribution in [0.2, 0.25) is 0 Å². The number of hydrogen-bond acceptors (Lipinski definition) is 4. The van der Waals surface area contributed by atoms with E-state index < -0.39 is 9.84 Å². The van der Waals surface area contributed by atoms with Gasteiger partial charge in [-0.15, -0.1) is 0 Å². The third-order valence-corrected chi connectivity index (χ3v) is 6.68. The number of amides is 1. The maximum atomic E-state index is 12.3. The van der Waals surface area contributed by atoms with Gasteiger partial charge in [0.1, 0.15) is 0 Å². The largest absolute Gasteiger partial charge is 0.325 e. The summed E-state index contributed by atoms with van der Waals surface area (Å²) in [6, 6.07) is 26.4. The number of hydrogen-bond donors (Lipinski definition) is 1. The predicted octanol–water partition coefficient (Wildman–Crippen LogP) is 4.78. The Balaban J connectivity index is 1.59. The molecular formula is C22H21NO3S2. The van der Waals surface area contributed by atoms with Crippen LogP contribution in [-0.4, -0.2) is 20.1 Å². The van der Waals surface area contributed by atoms with Crippen molar-refractivity contribution < 1.29 is 13.2 Å². The summed E-state index contributed by atoms with van der Waals surface area (Å²) < 4.78 is 24.6. The van der Waals surface area contributed by atoms with Gasteiger partial charge in [0, 0.05) is 16.2 Å². The molecule has 0 radical (unpaired) electrons. The van der Waals surface area contributed by atoms with E-state index in [1.807, 2.05) is 60.7 Å². The maximum absolute atomic E-state index is 12.3. The van der Waals surface area contributed by atoms with E-state index in [4.69, 9.17) is 0 Å². The Morgan fingerprint density at radius 3 is 2.14 bits per heavy atom. The number of para-hydroxylation sites is 1. The molecule has 3 aromatic carbocycles. The maximum Gasteiger partial charge on any atom is 0.225 e. The summed E-state index contributed by atoms with van der Waals surface area (Å²) in [5.41, 5.74) is 1.41. The van der Waals surface area contributed by atoms with Gasteiger partial charge < -0.3 is 5.32 Å². The molecule has 0 atom stereocenters. The van der Waals surface area contributed by atoms with Crippen LogP contribution in [0.25, 0.3) is 0 Å². The lowest BCUT2D eigenvalue weighted by Crippen LogP contribution is -2.18. The fourth-order valence-electron chi connectivity index (χ4n) is 2.64. The fraction of sp³-hybridized carbons (Fsp3) is 0.136. The lowest BCUT2D eigenvalue weighted by Gasteiger charge is -2.11. The SMILES string of the molecule is O=C(CCS(=O)(=O)Cc1ccccc1)Nc1ccccc1Sc1ccccc1. The van der Waals surface area contributed by atoms with Crippen molar-refractivity contribution in [3.05, 3.63) is 90.5 Å². The second-order valence-corrected chi connectivity index (χ2v) is 9.59. The quantitative estimate of drug-likeness (QED) is 0.579. The van der Waals surface area contributed by atoms with E-state index in [0.717, 1.165) is 15.4 Å². The topological polar surface area (TPSA) is 63.2 Å². The third-order valence-electron chi connectivity index (χ3n) is 4.00. The molecule has 1 amide bonds. The molecule has 1 N–H and O–H groups in total. The van der Waals surface area contributed by atoms with Crippen molar-refractivity contribution in [1.29, 1.82) is 0 Å². The van der Waals surface area contributed by atoms with Gasteiger partial charge in [0.15, 0.2) is 9.84 Å². The van der Waals surface area contributed by atoms with Crippen LogP contribution in [0.15, 0.2) is 94.7 Å². The van der Waals surface area contributed by atoms with Gasteiger partial charge >= 0.3 is 0 Å². The van der Waals surface area contributed by atoms with Crippen LogP contribution >= 0.6 is 11.8 Å². The van der Waals surface area contributed by atoms with Crippen LogP contribution in [0.5, 0.6) is 0 Å². The van der Waals surface area contributed by atoms with Gasteiger partial charge in [0.25, 0.3) is 0 Å². The molecule has 0 spiro atoms. The summed E-state index contributed by atoms with van der Waals surface area (Å²) in [6.07, 6.45) is -0.0699. The lowest BCUT2D eigenvalue weighted by atomic mass is 10.2. The molecule has 6 heteroatoms. The zero-order chi connectivity index (χ0) is 19.8. The Morgan fingerprint density at radius 1 is 0.821 bits per heavy atom. The van der Waals surface area contributed by atoms with E-state index in [1.54, 1.807) is 36.0 Å². The van der Waals surface area contributed by atoms with E-state index >= 15 is 0 Å². The normalized spacial score (nSPS) is 11.1. The molecule has 3 rings (SSSR count). The van der Waals surface area contributed by atoms with Crippen LogP contribution in [0.4, 0.5) is 5.69 Å². The summed E-state index contributed by atoms with van der Waals surface area (Å²) in [6.45, 7) is 0. The van der Waals surface area contributed by atoms with Crippen molar-refractivity contribution in [2.24, 2.45) is 0 Å². The molecule has 0 bridgehead atoms. The lowest BCUT2D eigenvalue weighted by molar-refractivity contribution is -0.115. The highest BCUT2D eigenvalue weighted by Crippen LogP contribution is 2.33. The molecule has 144 valence electrons. The fourth-order valence-corrected chi connectivity index (χ4v) is 4.90. The van der Waals surface area contributed by atoms with Crippen LogP contribution in [0.1, 0.15) is 12.0 Å². The average molecular weight is 412 g/mol. The van der Waals surface area contributed by atoms with Gasteiger partial charge in [-0.2, -0.15) is 0 Å². The highest BCUT2D eigenvalue weighted by atomic mass is 32.2. The number of benzene rings is 3. The minimum Gasteiger partial charge on any atom is -0.325 e. The van der Waals surface area contributed by atoms with Gasteiger partial charge in [-0.25, -0.2) is 8.42 Å². The monoisotopic (exact) mass is 411 g/mol. The summed E-state index contributed by atoms with van der Waals surface area (Å²) in [7, 11) is -3.35. The van der Waals surface area contributed by atoms with Crippen LogP contribution < -0.4 is 5.32 Å². The molecule has 0 heterocycles. The van der Waals surface area contributed by atoms with Crippen LogP contribution in [0.3, 0.4) is 0 Å². The van der Waals surface area contributed by atoms with Crippen molar-refractivity contribution >= 4 is 33.2 Å². The van der Waals surface area contributed by atoms with Gasteiger partial charge in [0.2, 0.25) is 5.91 Å². The Kier molecular flexibility index (Phi) is 6.90. The first-order chi connectivity index (χ1) is 13.5. The van der Waals surface area contributed by atoms with Crippen molar-refractivity contribution in [3.8, 4) is 0 Å². The van der Waals surface area contributed by atoms with Crippen LogP contribution in [0, 0.1) is 0 Å². The zero-order valence-electron chi connectivity index (χ0n) is 15.2. The molecule has 28 heavy (non-hydrogen) atoms. The van der Waals surface area contributed by atoms with Gasteiger partial charge in [-0.05, 0) is 29.8 Å². The van der Waals surface area contributed by atoms with Crippen LogP contribution in [-0.2, 0) is 20.4 Å². The first kappa shape index (κ1) is 20.2. The first-order valence-corrected chi connectivity index (χ1v) is 11.5. The van der Waals surface area contributed by atoms with E-state index in [9.17, 15) is 13.2 Å². The van der Waals surface area contributed by atoms with Crippen molar-refractivity contribution in [2.75, 3.05) is 11.1 Å². The Labute approximate surface area is 169 Å². The van der Waals surface area contributed by atoms with E-state index in [1.165, 1.54) is 0 Å². The molecule has 0 saturated heterocycles. The number of sulfone groups is 1. The molecule has 0 aliphatic heterocycles. The van der Waals surface area contributed by atoms with Gasteiger partial charge in [-0.1, -0.05) is 72.4 Å². The Morgan fingerprint density at radius 2 is 1.43 bits per heavy atom. The summed E-state index contributed by atoms with van der Waals surface area (Å²) in [4.78, 5) is 14.3. The minimum atomic E-state index is -3.35. The Hall–Kier alpha value is -2.57. The predicted molar refractivity (Wildman–Crippen MR) is 114 cm³/mol. The summed E-state index contributed by atoms with van der Waals surface area (Å²) >= 11 is 1.55. The second kappa shape index (κ2) is 9.57. The minimum absolute atomic E-state index is 0.0540. The number of carbonyl (C=O) groups excluding carboxylic acids is 1. The molecule has 0 fully saturated rings. The highest BCUT2D eigenvalue weighted by molar-refractivity contribution is 7.99. The molecule has 0 unspecified atom stereocenters. The molecule has 0 aliphatic carbocycles. The molecular weight excluding hydrogens is 390 g/mol. The zero-order valence-corrected chi connectivity index (χ0v) is 16.9. The molecule has 4 nitrogen and oxygen atoms in total. The number of carbonyl (C=O) groups is 1.